The molecule has 1 aromatic carbocycles. The van der Waals surface area contributed by atoms with E-state index in [1.165, 1.54) is 18.4 Å². The zero-order valence-electron chi connectivity index (χ0n) is 23.1. The molecular formula is C30H41N5O2. The first kappa shape index (κ1) is 25.8. The Morgan fingerprint density at radius 2 is 1.78 bits per heavy atom. The maximum Gasteiger partial charge on any atom is 0.254 e. The molecule has 5 rings (SSSR count). The van der Waals surface area contributed by atoms with E-state index in [1.807, 2.05) is 26.1 Å². The van der Waals surface area contributed by atoms with Gasteiger partial charge in [-0.15, -0.1) is 0 Å². The van der Waals surface area contributed by atoms with Gasteiger partial charge in [0, 0.05) is 28.7 Å². The van der Waals surface area contributed by atoms with Gasteiger partial charge in [-0.25, -0.2) is 4.99 Å². The Hall–Kier alpha value is -2.80. The monoisotopic (exact) mass is 503 g/mol. The van der Waals surface area contributed by atoms with Crippen molar-refractivity contribution in [1.29, 1.82) is 0 Å². The van der Waals surface area contributed by atoms with Gasteiger partial charge in [-0.05, 0) is 96.9 Å². The maximum absolute atomic E-state index is 13.7. The summed E-state index contributed by atoms with van der Waals surface area (Å²) in [7, 11) is 0. The molecule has 3 aliphatic rings. The quantitative estimate of drug-likeness (QED) is 0.566. The van der Waals surface area contributed by atoms with Crippen molar-refractivity contribution >= 4 is 28.4 Å². The van der Waals surface area contributed by atoms with Crippen molar-refractivity contribution in [2.24, 2.45) is 10.9 Å². The van der Waals surface area contributed by atoms with Crippen LogP contribution < -0.4 is 10.6 Å². The number of benzene rings is 1. The van der Waals surface area contributed by atoms with Gasteiger partial charge in [0.05, 0.1) is 29.2 Å². The molecule has 0 radical (unpaired) electrons. The molecule has 0 bridgehead atoms. The highest BCUT2D eigenvalue weighted by Gasteiger charge is 2.39. The lowest BCUT2D eigenvalue weighted by molar-refractivity contribution is -0.120. The molecule has 1 atom stereocenters. The molecule has 2 N–H and O–H groups in total. The zero-order chi connectivity index (χ0) is 26.5. The highest BCUT2D eigenvalue weighted by atomic mass is 16.2. The Morgan fingerprint density at radius 3 is 2.43 bits per heavy atom. The van der Waals surface area contributed by atoms with E-state index in [0.29, 0.717) is 23.2 Å². The van der Waals surface area contributed by atoms with Gasteiger partial charge in [-0.2, -0.15) is 5.10 Å². The Bertz CT molecular complexity index is 1280. The van der Waals surface area contributed by atoms with Crippen LogP contribution >= 0.6 is 0 Å². The average Bonchev–Trinajstić information content (AvgIpc) is 3.45. The number of allylic oxidation sites excluding steroid dienone is 1. The Morgan fingerprint density at radius 1 is 1.11 bits per heavy atom. The number of nitrogens with zero attached hydrogens (tertiary/aromatic N) is 3. The highest BCUT2D eigenvalue weighted by Crippen LogP contribution is 2.41. The number of carbonyl (C=O) groups excluding carboxylic acids is 2. The number of hydrogen-bond donors (Lipinski definition) is 2. The van der Waals surface area contributed by atoms with Gasteiger partial charge in [0.1, 0.15) is 0 Å². The first-order chi connectivity index (χ1) is 17.4. The molecule has 1 aliphatic carbocycles. The molecule has 198 valence electrons. The number of dihydropyridines is 1. The van der Waals surface area contributed by atoms with Crippen LogP contribution in [0.15, 0.2) is 35.0 Å². The van der Waals surface area contributed by atoms with Crippen LogP contribution in [0, 0.1) is 5.92 Å². The normalized spacial score (nSPS) is 24.3. The number of nitrogens with one attached hydrogen (secondary N) is 2. The van der Waals surface area contributed by atoms with Crippen LogP contribution in [0.4, 0.5) is 0 Å². The van der Waals surface area contributed by atoms with Gasteiger partial charge >= 0.3 is 0 Å². The van der Waals surface area contributed by atoms with E-state index in [9.17, 15) is 9.59 Å². The largest absolute Gasteiger partial charge is 0.351 e. The third-order valence-electron chi connectivity index (χ3n) is 8.35. The van der Waals surface area contributed by atoms with E-state index in [4.69, 9.17) is 5.10 Å². The fourth-order valence-corrected chi connectivity index (χ4v) is 7.04. The predicted molar refractivity (Wildman–Crippen MR) is 148 cm³/mol. The Labute approximate surface area is 220 Å². The van der Waals surface area contributed by atoms with Gasteiger partial charge in [0.15, 0.2) is 0 Å². The number of fused-ring (bicyclic) bond motifs is 1. The van der Waals surface area contributed by atoms with E-state index in [2.05, 4.69) is 60.1 Å². The first-order valence-corrected chi connectivity index (χ1v) is 13.8. The lowest BCUT2D eigenvalue weighted by Crippen LogP contribution is -2.57. The van der Waals surface area contributed by atoms with Crippen LogP contribution in [0.5, 0.6) is 0 Å². The number of amides is 2. The van der Waals surface area contributed by atoms with Crippen LogP contribution in [0.2, 0.25) is 0 Å². The van der Waals surface area contributed by atoms with Gasteiger partial charge in [-0.1, -0.05) is 18.4 Å². The second-order valence-corrected chi connectivity index (χ2v) is 12.8. The summed E-state index contributed by atoms with van der Waals surface area (Å²) in [5.41, 5.74) is 4.55. The number of rotatable bonds is 5. The van der Waals surface area contributed by atoms with Crippen molar-refractivity contribution < 1.29 is 9.59 Å². The van der Waals surface area contributed by atoms with Crippen LogP contribution in [0.25, 0.3) is 10.9 Å². The van der Waals surface area contributed by atoms with E-state index in [1.54, 1.807) is 0 Å². The summed E-state index contributed by atoms with van der Waals surface area (Å²) < 4.78 is 2.16. The van der Waals surface area contributed by atoms with Crippen LogP contribution in [-0.4, -0.2) is 44.9 Å². The fraction of sp³-hybridized carbons (Fsp3) is 0.600. The summed E-state index contributed by atoms with van der Waals surface area (Å²) >= 11 is 0. The van der Waals surface area contributed by atoms with Crippen molar-refractivity contribution in [3.05, 3.63) is 41.1 Å². The van der Waals surface area contributed by atoms with Crippen molar-refractivity contribution in [3.63, 3.8) is 0 Å². The lowest BCUT2D eigenvalue weighted by atomic mass is 9.73. The van der Waals surface area contributed by atoms with Crippen molar-refractivity contribution in [1.82, 2.24) is 20.4 Å². The fourth-order valence-electron chi connectivity index (χ4n) is 7.04. The summed E-state index contributed by atoms with van der Waals surface area (Å²) in [5.74, 6) is -0.433. The van der Waals surface area contributed by atoms with Crippen molar-refractivity contribution in [2.45, 2.75) is 103 Å². The van der Waals surface area contributed by atoms with Crippen LogP contribution in [-0.2, 0) is 4.79 Å². The molecule has 2 amide bonds. The standard InChI is InChI=1S/C30H41N5O2/c1-18-11-19(2)33-28(37)24(18)16-31-27(36)23-12-20(21-14-29(3,4)34-30(5,6)15-21)13-26-25(23)17-32-35(26)22-9-7-8-10-22/h11-13,17,21-22,24,34H,7-10,14-16H2,1-6H3,(H,31,36). The Kier molecular flexibility index (Phi) is 6.63. The van der Waals surface area contributed by atoms with Gasteiger partial charge < -0.3 is 10.6 Å². The Balaban J connectivity index is 1.50. The molecule has 2 fully saturated rings. The second kappa shape index (κ2) is 9.50. The summed E-state index contributed by atoms with van der Waals surface area (Å²) in [6, 6.07) is 4.75. The van der Waals surface area contributed by atoms with E-state index in [-0.39, 0.29) is 29.4 Å². The number of aromatic nitrogens is 2. The number of hydrogen-bond acceptors (Lipinski definition) is 4. The smallest absolute Gasteiger partial charge is 0.254 e. The molecule has 1 unspecified atom stereocenters. The minimum Gasteiger partial charge on any atom is -0.351 e. The topological polar surface area (TPSA) is 88.4 Å². The van der Waals surface area contributed by atoms with E-state index >= 15 is 0 Å². The molecule has 1 saturated carbocycles. The lowest BCUT2D eigenvalue weighted by Gasteiger charge is -2.46. The second-order valence-electron chi connectivity index (χ2n) is 12.8. The summed E-state index contributed by atoms with van der Waals surface area (Å²) in [5, 5.41) is 12.5. The number of aliphatic imine (C=N–C) groups is 1. The maximum atomic E-state index is 13.7. The molecular weight excluding hydrogens is 462 g/mol. The molecule has 7 nitrogen and oxygen atoms in total. The minimum atomic E-state index is -0.418. The summed E-state index contributed by atoms with van der Waals surface area (Å²) in [4.78, 5) is 30.3. The van der Waals surface area contributed by atoms with E-state index < -0.39 is 5.92 Å². The number of piperidine rings is 1. The third kappa shape index (κ3) is 5.28. The summed E-state index contributed by atoms with van der Waals surface area (Å²) in [6.07, 6.45) is 10.5. The van der Waals surface area contributed by atoms with Crippen LogP contribution in [0.1, 0.15) is 108 Å². The molecule has 0 spiro atoms. The minimum absolute atomic E-state index is 0.000648. The van der Waals surface area contributed by atoms with Gasteiger partial charge in [-0.3, -0.25) is 14.3 Å². The molecule has 1 saturated heterocycles. The molecule has 2 aromatic rings. The van der Waals surface area contributed by atoms with Crippen molar-refractivity contribution in [3.8, 4) is 0 Å². The van der Waals surface area contributed by atoms with Gasteiger partial charge in [0.25, 0.3) is 11.8 Å². The average molecular weight is 504 g/mol. The summed E-state index contributed by atoms with van der Waals surface area (Å²) in [6.45, 7) is 13.0. The molecule has 3 heterocycles. The highest BCUT2D eigenvalue weighted by molar-refractivity contribution is 6.08. The first-order valence-electron chi connectivity index (χ1n) is 13.8. The molecule has 7 heteroatoms. The van der Waals surface area contributed by atoms with Gasteiger partial charge in [0.2, 0.25) is 0 Å². The SMILES string of the molecule is CC1=CC(C)=NC(=O)C1CNC(=O)c1cc(C2CC(C)(C)NC(C)(C)C2)cc2c1cnn2C1CCCC1. The van der Waals surface area contributed by atoms with E-state index in [0.717, 1.165) is 42.2 Å². The third-order valence-corrected chi connectivity index (χ3v) is 8.35. The molecule has 2 aliphatic heterocycles. The number of carbonyl (C=O) groups is 2. The zero-order valence-corrected chi connectivity index (χ0v) is 23.1. The molecule has 37 heavy (non-hydrogen) atoms. The van der Waals surface area contributed by atoms with Crippen molar-refractivity contribution in [2.75, 3.05) is 6.54 Å². The predicted octanol–water partition coefficient (Wildman–Crippen LogP) is 5.47. The van der Waals surface area contributed by atoms with Crippen LogP contribution in [0.3, 0.4) is 0 Å². The molecule has 1 aromatic heterocycles.